The molecule has 0 heterocycles. The number of amides is 1. The van der Waals surface area contributed by atoms with Gasteiger partial charge < -0.3 is 25.0 Å². The Balaban J connectivity index is 2.91. The number of hydrogen-bond acceptors (Lipinski definition) is 5. The molecule has 1 amide bonds. The van der Waals surface area contributed by atoms with Gasteiger partial charge in [0.05, 0.1) is 20.3 Å². The van der Waals surface area contributed by atoms with Crippen LogP contribution >= 0.6 is 0 Å². The summed E-state index contributed by atoms with van der Waals surface area (Å²) in [6.07, 6.45) is 0. The molecule has 0 aliphatic heterocycles. The SMILES string of the molecule is CCOc1ccc(C(=O)NC(CO)C(=O)O)cc1OC. The van der Waals surface area contributed by atoms with E-state index in [0.29, 0.717) is 18.1 Å². The summed E-state index contributed by atoms with van der Waals surface area (Å²) >= 11 is 0. The minimum atomic E-state index is -1.35. The van der Waals surface area contributed by atoms with Crippen LogP contribution in [0.15, 0.2) is 18.2 Å². The van der Waals surface area contributed by atoms with Crippen molar-refractivity contribution in [3.05, 3.63) is 23.8 Å². The van der Waals surface area contributed by atoms with Crippen molar-refractivity contribution in [2.45, 2.75) is 13.0 Å². The molecule has 0 fully saturated rings. The molecule has 7 nitrogen and oxygen atoms in total. The van der Waals surface area contributed by atoms with Crippen LogP contribution in [-0.2, 0) is 4.79 Å². The molecule has 7 heteroatoms. The Labute approximate surface area is 116 Å². The number of carbonyl (C=O) groups is 2. The average Bonchev–Trinajstić information content (AvgIpc) is 2.44. The number of aliphatic hydroxyl groups excluding tert-OH is 1. The van der Waals surface area contributed by atoms with Crippen molar-refractivity contribution in [1.82, 2.24) is 5.32 Å². The van der Waals surface area contributed by atoms with E-state index in [1.807, 2.05) is 6.92 Å². The summed E-state index contributed by atoms with van der Waals surface area (Å²) in [6, 6.07) is 3.14. The number of methoxy groups -OCH3 is 1. The molecule has 0 spiro atoms. The number of carboxylic acid groups (broad SMARTS) is 1. The van der Waals surface area contributed by atoms with Gasteiger partial charge in [0.2, 0.25) is 0 Å². The van der Waals surface area contributed by atoms with E-state index in [2.05, 4.69) is 5.32 Å². The van der Waals surface area contributed by atoms with Gasteiger partial charge in [-0.15, -0.1) is 0 Å². The van der Waals surface area contributed by atoms with Crippen molar-refractivity contribution in [3.63, 3.8) is 0 Å². The van der Waals surface area contributed by atoms with E-state index in [4.69, 9.17) is 19.7 Å². The van der Waals surface area contributed by atoms with Crippen molar-refractivity contribution < 1.29 is 29.3 Å². The Kier molecular flexibility index (Phi) is 5.79. The number of nitrogens with one attached hydrogen (secondary N) is 1. The smallest absolute Gasteiger partial charge is 0.328 e. The Bertz CT molecular complexity index is 488. The molecular weight excluding hydrogens is 266 g/mol. The van der Waals surface area contributed by atoms with Crippen LogP contribution in [0.25, 0.3) is 0 Å². The largest absolute Gasteiger partial charge is 0.493 e. The highest BCUT2D eigenvalue weighted by Crippen LogP contribution is 2.27. The number of carbonyl (C=O) groups excluding carboxylic acids is 1. The summed E-state index contributed by atoms with van der Waals surface area (Å²) < 4.78 is 10.4. The fraction of sp³-hybridized carbons (Fsp3) is 0.385. The Morgan fingerprint density at radius 1 is 1.35 bits per heavy atom. The minimum Gasteiger partial charge on any atom is -0.493 e. The number of benzene rings is 1. The monoisotopic (exact) mass is 283 g/mol. The molecule has 3 N–H and O–H groups in total. The van der Waals surface area contributed by atoms with Crippen molar-refractivity contribution in [1.29, 1.82) is 0 Å². The van der Waals surface area contributed by atoms with Crippen molar-refractivity contribution in [2.24, 2.45) is 0 Å². The fourth-order valence-electron chi connectivity index (χ4n) is 1.51. The zero-order chi connectivity index (χ0) is 15.1. The first-order valence-corrected chi connectivity index (χ1v) is 5.98. The van der Waals surface area contributed by atoms with E-state index in [-0.39, 0.29) is 5.56 Å². The fourth-order valence-corrected chi connectivity index (χ4v) is 1.51. The van der Waals surface area contributed by atoms with E-state index < -0.39 is 24.5 Å². The van der Waals surface area contributed by atoms with Gasteiger partial charge in [0.25, 0.3) is 5.91 Å². The lowest BCUT2D eigenvalue weighted by atomic mass is 10.1. The predicted octanol–water partition coefficient (Wildman–Crippen LogP) is 0.269. The molecule has 1 aromatic rings. The zero-order valence-electron chi connectivity index (χ0n) is 11.3. The lowest BCUT2D eigenvalue weighted by Crippen LogP contribution is -2.43. The van der Waals surface area contributed by atoms with E-state index >= 15 is 0 Å². The number of ether oxygens (including phenoxy) is 2. The van der Waals surface area contributed by atoms with Crippen molar-refractivity contribution in [3.8, 4) is 11.5 Å². The maximum Gasteiger partial charge on any atom is 0.328 e. The van der Waals surface area contributed by atoms with E-state index in [0.717, 1.165) is 0 Å². The van der Waals surface area contributed by atoms with Gasteiger partial charge in [-0.25, -0.2) is 4.79 Å². The van der Waals surface area contributed by atoms with Crippen LogP contribution in [0.4, 0.5) is 0 Å². The highest BCUT2D eigenvalue weighted by Gasteiger charge is 2.20. The molecule has 0 aliphatic carbocycles. The molecule has 0 saturated heterocycles. The summed E-state index contributed by atoms with van der Waals surface area (Å²) in [5.74, 6) is -1.06. The molecular formula is C13H17NO6. The maximum absolute atomic E-state index is 11.9. The molecule has 0 aromatic heterocycles. The third kappa shape index (κ3) is 3.86. The number of rotatable bonds is 7. The molecule has 0 radical (unpaired) electrons. The average molecular weight is 283 g/mol. The molecule has 1 unspecified atom stereocenters. The van der Waals surface area contributed by atoms with Gasteiger partial charge in [-0.2, -0.15) is 0 Å². The molecule has 0 aliphatic rings. The lowest BCUT2D eigenvalue weighted by Gasteiger charge is -2.13. The zero-order valence-corrected chi connectivity index (χ0v) is 11.3. The second-order valence-electron chi connectivity index (χ2n) is 3.85. The summed E-state index contributed by atoms with van der Waals surface area (Å²) in [4.78, 5) is 22.6. The first kappa shape index (κ1) is 15.8. The quantitative estimate of drug-likeness (QED) is 0.663. The van der Waals surface area contributed by atoms with Crippen molar-refractivity contribution >= 4 is 11.9 Å². The summed E-state index contributed by atoms with van der Waals surface area (Å²) in [5.41, 5.74) is 0.213. The molecule has 20 heavy (non-hydrogen) atoms. The van der Waals surface area contributed by atoms with Crippen LogP contribution in [-0.4, -0.2) is 48.5 Å². The third-order valence-electron chi connectivity index (χ3n) is 2.51. The van der Waals surface area contributed by atoms with Gasteiger partial charge in [-0.3, -0.25) is 4.79 Å². The minimum absolute atomic E-state index is 0.213. The second kappa shape index (κ2) is 7.34. The van der Waals surface area contributed by atoms with Gasteiger partial charge in [-0.05, 0) is 25.1 Å². The molecule has 1 rings (SSSR count). The summed E-state index contributed by atoms with van der Waals surface area (Å²) in [7, 11) is 1.44. The lowest BCUT2D eigenvalue weighted by molar-refractivity contribution is -0.140. The van der Waals surface area contributed by atoms with E-state index in [1.54, 1.807) is 6.07 Å². The number of aliphatic hydroxyl groups is 1. The second-order valence-corrected chi connectivity index (χ2v) is 3.85. The van der Waals surface area contributed by atoms with Crippen LogP contribution in [0.1, 0.15) is 17.3 Å². The first-order chi connectivity index (χ1) is 9.53. The van der Waals surface area contributed by atoms with Crippen LogP contribution in [0.3, 0.4) is 0 Å². The number of aliphatic carboxylic acids is 1. The molecule has 0 saturated carbocycles. The number of carboxylic acids is 1. The van der Waals surface area contributed by atoms with Crippen LogP contribution in [0.5, 0.6) is 11.5 Å². The highest BCUT2D eigenvalue weighted by molar-refractivity contribution is 5.97. The van der Waals surface area contributed by atoms with Gasteiger partial charge in [0.15, 0.2) is 17.5 Å². The maximum atomic E-state index is 11.9. The van der Waals surface area contributed by atoms with Crippen LogP contribution in [0, 0.1) is 0 Å². The summed E-state index contributed by atoms with van der Waals surface area (Å²) in [6.45, 7) is 1.58. The Hall–Kier alpha value is -2.28. The molecule has 0 bridgehead atoms. The topological polar surface area (TPSA) is 105 Å². The Morgan fingerprint density at radius 2 is 2.05 bits per heavy atom. The van der Waals surface area contributed by atoms with Crippen molar-refractivity contribution in [2.75, 3.05) is 20.3 Å². The van der Waals surface area contributed by atoms with E-state index in [9.17, 15) is 9.59 Å². The standard InChI is InChI=1S/C13H17NO6/c1-3-20-10-5-4-8(6-11(10)19-2)12(16)14-9(7-15)13(17)18/h4-6,9,15H,3,7H2,1-2H3,(H,14,16)(H,17,18). The predicted molar refractivity (Wildman–Crippen MR) is 70.1 cm³/mol. The van der Waals surface area contributed by atoms with Gasteiger partial charge >= 0.3 is 5.97 Å². The third-order valence-corrected chi connectivity index (χ3v) is 2.51. The van der Waals surface area contributed by atoms with E-state index in [1.165, 1.54) is 19.2 Å². The number of hydrogen-bond donors (Lipinski definition) is 3. The van der Waals surface area contributed by atoms with Crippen LogP contribution in [0.2, 0.25) is 0 Å². The molecule has 1 atom stereocenters. The Morgan fingerprint density at radius 3 is 2.55 bits per heavy atom. The highest BCUT2D eigenvalue weighted by atomic mass is 16.5. The molecule has 1 aromatic carbocycles. The molecule has 110 valence electrons. The van der Waals surface area contributed by atoms with Gasteiger partial charge in [0, 0.05) is 5.56 Å². The van der Waals surface area contributed by atoms with Crippen LogP contribution < -0.4 is 14.8 Å². The normalized spacial score (nSPS) is 11.6. The van der Waals surface area contributed by atoms with Gasteiger partial charge in [0.1, 0.15) is 0 Å². The van der Waals surface area contributed by atoms with Gasteiger partial charge in [-0.1, -0.05) is 0 Å². The summed E-state index contributed by atoms with van der Waals surface area (Å²) in [5, 5.41) is 19.8. The first-order valence-electron chi connectivity index (χ1n) is 5.98.